The molecule has 0 aliphatic heterocycles. The summed E-state index contributed by atoms with van der Waals surface area (Å²) in [5.74, 6) is -3.16. The number of carbonyl (C=O) groups excluding carboxylic acids is 2. The monoisotopic (exact) mass is 403 g/mol. The van der Waals surface area contributed by atoms with E-state index in [9.17, 15) is 34.8 Å². The van der Waals surface area contributed by atoms with Gasteiger partial charge in [0, 0.05) is 0 Å². The first-order chi connectivity index (χ1) is 13.7. The zero-order chi connectivity index (χ0) is 21.6. The Bertz CT molecular complexity index is 868. The van der Waals surface area contributed by atoms with Crippen molar-refractivity contribution < 1.29 is 34.8 Å². The first-order valence-electron chi connectivity index (χ1n) is 8.50. The molecule has 0 aliphatic carbocycles. The highest BCUT2D eigenvalue weighted by Gasteiger charge is 2.28. The van der Waals surface area contributed by atoms with E-state index in [-0.39, 0.29) is 17.1 Å². The fourth-order valence-corrected chi connectivity index (χ4v) is 2.49. The van der Waals surface area contributed by atoms with Gasteiger partial charge in [-0.25, -0.2) is 4.79 Å². The molecule has 0 heterocycles. The van der Waals surface area contributed by atoms with Gasteiger partial charge < -0.3 is 36.8 Å². The third-order valence-electron chi connectivity index (χ3n) is 4.11. The van der Waals surface area contributed by atoms with Crippen molar-refractivity contribution in [2.75, 3.05) is 6.61 Å². The highest BCUT2D eigenvalue weighted by atomic mass is 16.4. The molecule has 3 atom stereocenters. The predicted octanol–water partition coefficient (Wildman–Crippen LogP) is -0.483. The van der Waals surface area contributed by atoms with Crippen LogP contribution in [0.5, 0.6) is 11.5 Å². The molecule has 0 spiro atoms. The van der Waals surface area contributed by atoms with Crippen LogP contribution in [-0.2, 0) is 14.4 Å². The quantitative estimate of drug-likeness (QED) is 0.308. The van der Waals surface area contributed by atoms with Gasteiger partial charge in [0.25, 0.3) is 0 Å². The number of hydrogen-bond donors (Lipinski definition) is 7. The highest BCUT2D eigenvalue weighted by molar-refractivity contribution is 5.92. The minimum Gasteiger partial charge on any atom is -0.508 e. The van der Waals surface area contributed by atoms with E-state index in [2.05, 4.69) is 10.6 Å². The number of nitrogens with two attached hydrogens (primary N) is 1. The summed E-state index contributed by atoms with van der Waals surface area (Å²) in [4.78, 5) is 36.2. The van der Waals surface area contributed by atoms with Crippen LogP contribution in [0.4, 0.5) is 0 Å². The van der Waals surface area contributed by atoms with Gasteiger partial charge in [-0.05, 0) is 35.4 Å². The number of nitrogens with one attached hydrogen (secondary N) is 2. The first kappa shape index (κ1) is 21.7. The highest BCUT2D eigenvalue weighted by Crippen LogP contribution is 2.18. The van der Waals surface area contributed by atoms with Crippen LogP contribution in [0, 0.1) is 0 Å². The molecule has 2 aromatic carbocycles. The van der Waals surface area contributed by atoms with E-state index < -0.39 is 42.5 Å². The van der Waals surface area contributed by atoms with E-state index in [0.717, 1.165) is 0 Å². The zero-order valence-corrected chi connectivity index (χ0v) is 15.1. The van der Waals surface area contributed by atoms with Crippen molar-refractivity contribution >= 4 is 17.8 Å². The fraction of sp³-hybridized carbons (Fsp3) is 0.211. The molecule has 0 unspecified atom stereocenters. The molecular formula is C19H21N3O7. The summed E-state index contributed by atoms with van der Waals surface area (Å²) in [5.41, 5.74) is 6.37. The minimum absolute atomic E-state index is 0.0112. The summed E-state index contributed by atoms with van der Waals surface area (Å²) in [5, 5.41) is 41.9. The predicted molar refractivity (Wildman–Crippen MR) is 101 cm³/mol. The summed E-state index contributed by atoms with van der Waals surface area (Å²) in [7, 11) is 0. The fourth-order valence-electron chi connectivity index (χ4n) is 2.49. The van der Waals surface area contributed by atoms with Crippen LogP contribution in [0.15, 0.2) is 48.5 Å². The molecule has 10 heteroatoms. The van der Waals surface area contributed by atoms with Gasteiger partial charge in [-0.15, -0.1) is 0 Å². The Morgan fingerprint density at radius 1 is 0.828 bits per heavy atom. The number of benzene rings is 2. The van der Waals surface area contributed by atoms with Crippen LogP contribution in [0.3, 0.4) is 0 Å². The molecule has 0 saturated carbocycles. The van der Waals surface area contributed by atoms with E-state index in [0.29, 0.717) is 5.56 Å². The van der Waals surface area contributed by atoms with Gasteiger partial charge in [-0.3, -0.25) is 9.59 Å². The first-order valence-corrected chi connectivity index (χ1v) is 8.50. The van der Waals surface area contributed by atoms with Gasteiger partial charge in [0.05, 0.1) is 6.61 Å². The molecule has 2 rings (SSSR count). The van der Waals surface area contributed by atoms with E-state index in [1.54, 1.807) is 0 Å². The molecule has 0 aromatic heterocycles. The number of phenolic OH excluding ortho intramolecular Hbond substituents is 2. The molecule has 0 fully saturated rings. The van der Waals surface area contributed by atoms with Gasteiger partial charge >= 0.3 is 5.97 Å². The number of carbonyl (C=O) groups is 3. The number of rotatable bonds is 8. The van der Waals surface area contributed by atoms with Gasteiger partial charge in [0.2, 0.25) is 11.8 Å². The summed E-state index contributed by atoms with van der Waals surface area (Å²) in [6.45, 7) is -0.790. The van der Waals surface area contributed by atoms with Crippen LogP contribution in [-0.4, -0.2) is 50.9 Å². The van der Waals surface area contributed by atoms with Crippen molar-refractivity contribution in [3.05, 3.63) is 59.7 Å². The largest absolute Gasteiger partial charge is 0.508 e. The second kappa shape index (κ2) is 9.53. The van der Waals surface area contributed by atoms with Crippen molar-refractivity contribution in [1.82, 2.24) is 10.6 Å². The molecule has 0 bridgehead atoms. The maximum atomic E-state index is 12.4. The Hall–Kier alpha value is -3.63. The molecule has 0 aliphatic rings. The van der Waals surface area contributed by atoms with Crippen LogP contribution >= 0.6 is 0 Å². The average molecular weight is 403 g/mol. The molecule has 29 heavy (non-hydrogen) atoms. The van der Waals surface area contributed by atoms with Gasteiger partial charge in [0.15, 0.2) is 6.04 Å². The number of aliphatic hydroxyl groups is 1. The van der Waals surface area contributed by atoms with E-state index in [1.165, 1.54) is 48.5 Å². The summed E-state index contributed by atoms with van der Waals surface area (Å²) in [6, 6.07) is 6.64. The number of aliphatic carboxylic acids is 1. The third-order valence-corrected chi connectivity index (χ3v) is 4.11. The lowest BCUT2D eigenvalue weighted by Crippen LogP contribution is -2.52. The number of amides is 2. The Morgan fingerprint density at radius 2 is 1.31 bits per heavy atom. The van der Waals surface area contributed by atoms with Crippen LogP contribution in [0.2, 0.25) is 0 Å². The lowest BCUT2D eigenvalue weighted by molar-refractivity contribution is -0.142. The van der Waals surface area contributed by atoms with Crippen molar-refractivity contribution in [2.45, 2.75) is 18.1 Å². The van der Waals surface area contributed by atoms with Crippen molar-refractivity contribution in [3.63, 3.8) is 0 Å². The molecule has 8 N–H and O–H groups in total. The summed E-state index contributed by atoms with van der Waals surface area (Å²) >= 11 is 0. The standard InChI is InChI=1S/C19H21N3O7/c20-15(10-1-5-12(24)6-2-10)18(27)21-14(9-23)17(26)22-16(19(28)29)11-3-7-13(25)8-4-11/h1-8,14-16,23-25H,9,20H2,(H,21,27)(H,22,26)(H,28,29)/t14-,15+,16+/m0/s1. The minimum atomic E-state index is -1.46. The summed E-state index contributed by atoms with van der Waals surface area (Å²) in [6.07, 6.45) is 0. The molecule has 0 saturated heterocycles. The smallest absolute Gasteiger partial charge is 0.330 e. The lowest BCUT2D eigenvalue weighted by atomic mass is 10.1. The Morgan fingerprint density at radius 3 is 1.76 bits per heavy atom. The number of aliphatic hydroxyl groups excluding tert-OH is 1. The Labute approximate surface area is 165 Å². The van der Waals surface area contributed by atoms with E-state index in [4.69, 9.17) is 5.73 Å². The normalized spacial score (nSPS) is 13.7. The molecule has 2 aromatic rings. The Balaban J connectivity index is 2.08. The number of phenols is 2. The van der Waals surface area contributed by atoms with Gasteiger partial charge in [-0.1, -0.05) is 24.3 Å². The zero-order valence-electron chi connectivity index (χ0n) is 15.1. The molecular weight excluding hydrogens is 382 g/mol. The summed E-state index contributed by atoms with van der Waals surface area (Å²) < 4.78 is 0. The second-order valence-corrected chi connectivity index (χ2v) is 6.18. The van der Waals surface area contributed by atoms with Crippen molar-refractivity contribution in [1.29, 1.82) is 0 Å². The topological polar surface area (TPSA) is 182 Å². The number of hydrogen-bond acceptors (Lipinski definition) is 7. The van der Waals surface area contributed by atoms with E-state index >= 15 is 0 Å². The number of carboxylic acid groups (broad SMARTS) is 1. The maximum absolute atomic E-state index is 12.4. The number of carboxylic acids is 1. The average Bonchev–Trinajstić information content (AvgIpc) is 2.70. The molecule has 2 amide bonds. The van der Waals surface area contributed by atoms with Gasteiger partial charge in [-0.2, -0.15) is 0 Å². The SMILES string of the molecule is N[C@@H](C(=O)N[C@@H](CO)C(=O)N[C@@H](C(=O)O)c1ccc(O)cc1)c1ccc(O)cc1. The Kier molecular flexibility index (Phi) is 7.12. The van der Waals surface area contributed by atoms with Crippen molar-refractivity contribution in [2.24, 2.45) is 5.73 Å². The van der Waals surface area contributed by atoms with Crippen LogP contribution in [0.1, 0.15) is 23.2 Å². The van der Waals surface area contributed by atoms with Gasteiger partial charge in [0.1, 0.15) is 23.6 Å². The number of aromatic hydroxyl groups is 2. The molecule has 0 radical (unpaired) electrons. The second-order valence-electron chi connectivity index (χ2n) is 6.18. The molecule has 154 valence electrons. The van der Waals surface area contributed by atoms with Crippen LogP contribution in [0.25, 0.3) is 0 Å². The maximum Gasteiger partial charge on any atom is 0.330 e. The van der Waals surface area contributed by atoms with E-state index in [1.807, 2.05) is 0 Å². The van der Waals surface area contributed by atoms with Crippen LogP contribution < -0.4 is 16.4 Å². The molecule has 10 nitrogen and oxygen atoms in total. The third kappa shape index (κ3) is 5.67. The van der Waals surface area contributed by atoms with Crippen molar-refractivity contribution in [3.8, 4) is 11.5 Å². The lowest BCUT2D eigenvalue weighted by Gasteiger charge is -2.22.